The minimum atomic E-state index is -4.82. The highest BCUT2D eigenvalue weighted by atomic mass is 19.4. The lowest BCUT2D eigenvalue weighted by atomic mass is 9.92. The average Bonchev–Trinajstić information content (AvgIpc) is 3.37. The van der Waals surface area contributed by atoms with Crippen LogP contribution in [0.5, 0.6) is 0 Å². The Bertz CT molecular complexity index is 1410. The fourth-order valence-corrected chi connectivity index (χ4v) is 5.73. The minimum Gasteiger partial charge on any atom is -0.461 e. The number of amides is 1. The van der Waals surface area contributed by atoms with Crippen LogP contribution in [0.4, 0.5) is 24.5 Å². The summed E-state index contributed by atoms with van der Waals surface area (Å²) in [7, 11) is 0. The van der Waals surface area contributed by atoms with E-state index < -0.39 is 22.4 Å². The number of nitro benzene ring substituents is 1. The maximum atomic E-state index is 13.3. The lowest BCUT2D eigenvalue weighted by Crippen LogP contribution is -2.50. The summed E-state index contributed by atoms with van der Waals surface area (Å²) in [5.74, 6) is 0.930. The molecule has 0 unspecified atom stereocenters. The second kappa shape index (κ2) is 12.7. The molecule has 9 nitrogen and oxygen atoms in total. The maximum Gasteiger partial charge on any atom is 0.423 e. The number of hydrogen-bond donors (Lipinski definition) is 1. The molecule has 1 saturated carbocycles. The molecule has 1 aromatic heterocycles. The van der Waals surface area contributed by atoms with Crippen LogP contribution in [-0.2, 0) is 22.1 Å². The van der Waals surface area contributed by atoms with E-state index in [-0.39, 0.29) is 30.3 Å². The Morgan fingerprint density at radius 3 is 2.50 bits per heavy atom. The fourth-order valence-electron chi connectivity index (χ4n) is 5.73. The quantitative estimate of drug-likeness (QED) is 0.249. The Kier molecular flexibility index (Phi) is 9.02. The second-order valence-corrected chi connectivity index (χ2v) is 11.1. The zero-order valence-electron chi connectivity index (χ0n) is 23.5. The molecule has 12 heteroatoms. The maximum absolute atomic E-state index is 13.3. The van der Waals surface area contributed by atoms with Crippen molar-refractivity contribution < 1.29 is 32.0 Å². The number of nitro groups is 1. The van der Waals surface area contributed by atoms with Gasteiger partial charge in [-0.3, -0.25) is 19.8 Å². The number of fused-ring (bicyclic) bond motifs is 1. The van der Waals surface area contributed by atoms with Crippen molar-refractivity contribution in [2.75, 3.05) is 44.6 Å². The van der Waals surface area contributed by atoms with Crippen LogP contribution in [0.1, 0.15) is 42.6 Å². The van der Waals surface area contributed by atoms with Crippen molar-refractivity contribution in [1.29, 1.82) is 0 Å². The number of hydrogen-bond acceptors (Lipinski definition) is 7. The smallest absolute Gasteiger partial charge is 0.423 e. The number of benzene rings is 2. The molecular formula is C30H35F3N4O5. The standard InChI is InChI=1S/C30H35F3N4O5/c1-20-2-9-28-21(16-20)17-25(42-28)10-11-35-12-14-36(15-13-35)29(38)19-41-24-6-3-22(4-7-24)34-23-5-8-27(37(39)40)26(18-23)30(31,32)33/h2,5,8-9,16-18,22,24,34H,3-4,6-7,10-15,19H2,1H3. The van der Waals surface area contributed by atoms with E-state index in [4.69, 9.17) is 9.15 Å². The van der Waals surface area contributed by atoms with Gasteiger partial charge in [-0.1, -0.05) is 11.6 Å². The first kappa shape index (κ1) is 29.8. The van der Waals surface area contributed by atoms with E-state index in [2.05, 4.69) is 29.3 Å². The van der Waals surface area contributed by atoms with Gasteiger partial charge in [-0.05, 0) is 62.9 Å². The summed E-state index contributed by atoms with van der Waals surface area (Å²) in [5.41, 5.74) is 0.0677. The number of nitrogens with zero attached hydrogens (tertiary/aromatic N) is 3. The fraction of sp³-hybridized carbons (Fsp3) is 0.500. The average molecular weight is 589 g/mol. The van der Waals surface area contributed by atoms with E-state index in [9.17, 15) is 28.1 Å². The number of ether oxygens (including phenoxy) is 1. The predicted octanol–water partition coefficient (Wildman–Crippen LogP) is 5.79. The van der Waals surface area contributed by atoms with Crippen LogP contribution in [0.2, 0.25) is 0 Å². The molecule has 1 amide bonds. The summed E-state index contributed by atoms with van der Waals surface area (Å²) >= 11 is 0. The number of furan rings is 1. The Morgan fingerprint density at radius 2 is 1.81 bits per heavy atom. The number of halogens is 3. The molecule has 226 valence electrons. The van der Waals surface area contributed by atoms with Gasteiger partial charge in [-0.15, -0.1) is 0 Å². The van der Waals surface area contributed by atoms with Gasteiger partial charge >= 0.3 is 6.18 Å². The lowest BCUT2D eigenvalue weighted by Gasteiger charge is -2.35. The van der Waals surface area contributed by atoms with E-state index in [1.165, 1.54) is 11.6 Å². The molecule has 0 radical (unpaired) electrons. The molecule has 1 N–H and O–H groups in total. The molecule has 0 atom stereocenters. The molecule has 3 aromatic rings. The highest BCUT2D eigenvalue weighted by molar-refractivity contribution is 5.78. The van der Waals surface area contributed by atoms with Gasteiger partial charge in [-0.2, -0.15) is 13.2 Å². The molecule has 2 fully saturated rings. The van der Waals surface area contributed by atoms with Crippen molar-refractivity contribution in [2.24, 2.45) is 0 Å². The van der Waals surface area contributed by atoms with Gasteiger partial charge < -0.3 is 19.4 Å². The third-order valence-electron chi connectivity index (χ3n) is 8.11. The molecule has 0 spiro atoms. The SMILES string of the molecule is Cc1ccc2oc(CCN3CCN(C(=O)COC4CCC(Nc5ccc([N+](=O)[O-])c(C(F)(F)F)c5)CC4)CC3)cc2c1. The van der Waals surface area contributed by atoms with Gasteiger partial charge in [0.2, 0.25) is 5.91 Å². The molecule has 2 aliphatic rings. The van der Waals surface area contributed by atoms with Gasteiger partial charge in [0.05, 0.1) is 11.0 Å². The molecule has 2 heterocycles. The van der Waals surface area contributed by atoms with Crippen LogP contribution in [0.3, 0.4) is 0 Å². The van der Waals surface area contributed by atoms with E-state index >= 15 is 0 Å². The van der Waals surface area contributed by atoms with E-state index in [0.717, 1.165) is 54.9 Å². The first-order valence-corrected chi connectivity index (χ1v) is 14.3. The Hall–Kier alpha value is -3.64. The zero-order valence-corrected chi connectivity index (χ0v) is 23.5. The van der Waals surface area contributed by atoms with Crippen LogP contribution in [0.15, 0.2) is 46.9 Å². The summed E-state index contributed by atoms with van der Waals surface area (Å²) in [5, 5.41) is 15.2. The number of anilines is 1. The topological polar surface area (TPSA) is 101 Å². The second-order valence-electron chi connectivity index (χ2n) is 11.1. The summed E-state index contributed by atoms with van der Waals surface area (Å²) in [4.78, 5) is 26.9. The van der Waals surface area contributed by atoms with Gasteiger partial charge in [0.15, 0.2) is 0 Å². The number of nitrogens with one attached hydrogen (secondary N) is 1. The number of aryl methyl sites for hydroxylation is 1. The molecule has 5 rings (SSSR count). The number of piperazine rings is 1. The molecule has 2 aromatic carbocycles. The Balaban J connectivity index is 1.00. The molecule has 42 heavy (non-hydrogen) atoms. The highest BCUT2D eigenvalue weighted by Gasteiger charge is 2.38. The van der Waals surface area contributed by atoms with Crippen molar-refractivity contribution in [2.45, 2.75) is 57.3 Å². The Morgan fingerprint density at radius 1 is 1.07 bits per heavy atom. The predicted molar refractivity (Wildman–Crippen MR) is 151 cm³/mol. The summed E-state index contributed by atoms with van der Waals surface area (Å²) < 4.78 is 51.7. The van der Waals surface area contributed by atoms with Crippen molar-refractivity contribution in [3.63, 3.8) is 0 Å². The number of alkyl halides is 3. The zero-order chi connectivity index (χ0) is 29.9. The molecule has 1 aliphatic carbocycles. The summed E-state index contributed by atoms with van der Waals surface area (Å²) in [6.45, 7) is 5.82. The van der Waals surface area contributed by atoms with Crippen LogP contribution < -0.4 is 5.32 Å². The molecular weight excluding hydrogens is 553 g/mol. The summed E-state index contributed by atoms with van der Waals surface area (Å²) in [6.07, 6.45) is -1.46. The Labute approximate surface area is 241 Å². The van der Waals surface area contributed by atoms with Gasteiger partial charge in [0, 0.05) is 62.3 Å². The summed E-state index contributed by atoms with van der Waals surface area (Å²) in [6, 6.07) is 11.2. The van der Waals surface area contributed by atoms with Crippen molar-refractivity contribution in [3.05, 3.63) is 69.5 Å². The van der Waals surface area contributed by atoms with E-state index in [0.29, 0.717) is 38.8 Å². The highest BCUT2D eigenvalue weighted by Crippen LogP contribution is 2.38. The largest absolute Gasteiger partial charge is 0.461 e. The van der Waals surface area contributed by atoms with Crippen LogP contribution in [-0.4, -0.2) is 72.1 Å². The van der Waals surface area contributed by atoms with Gasteiger partial charge in [-0.25, -0.2) is 0 Å². The van der Waals surface area contributed by atoms with Crippen molar-refractivity contribution >= 4 is 28.3 Å². The van der Waals surface area contributed by atoms with Crippen LogP contribution in [0.25, 0.3) is 11.0 Å². The molecule has 1 aliphatic heterocycles. The first-order valence-electron chi connectivity index (χ1n) is 14.3. The first-order chi connectivity index (χ1) is 20.0. The van der Waals surface area contributed by atoms with Gasteiger partial charge in [0.1, 0.15) is 23.5 Å². The number of carbonyl (C=O) groups excluding carboxylic acids is 1. The normalized spacial score (nSPS) is 20.1. The van der Waals surface area contributed by atoms with Crippen LogP contribution in [0, 0.1) is 17.0 Å². The third-order valence-corrected chi connectivity index (χ3v) is 8.11. The van der Waals surface area contributed by atoms with Crippen molar-refractivity contribution in [3.8, 4) is 0 Å². The number of rotatable bonds is 9. The monoisotopic (exact) mass is 588 g/mol. The van der Waals surface area contributed by atoms with Crippen LogP contribution >= 0.6 is 0 Å². The third kappa shape index (κ3) is 7.40. The molecule has 1 saturated heterocycles. The number of carbonyl (C=O) groups is 1. The van der Waals surface area contributed by atoms with E-state index in [1.807, 2.05) is 17.0 Å². The van der Waals surface area contributed by atoms with Gasteiger partial charge in [0.25, 0.3) is 5.69 Å². The minimum absolute atomic E-state index is 0.0124. The van der Waals surface area contributed by atoms with E-state index in [1.54, 1.807) is 0 Å². The van der Waals surface area contributed by atoms with Crippen molar-refractivity contribution in [1.82, 2.24) is 9.80 Å². The lowest BCUT2D eigenvalue weighted by molar-refractivity contribution is -0.388. The molecule has 0 bridgehead atoms.